The van der Waals surface area contributed by atoms with Crippen LogP contribution in [0.3, 0.4) is 0 Å². The van der Waals surface area contributed by atoms with Crippen molar-refractivity contribution in [3.63, 3.8) is 0 Å². The van der Waals surface area contributed by atoms with Gasteiger partial charge in [-0.1, -0.05) is 13.3 Å². The lowest BCUT2D eigenvalue weighted by molar-refractivity contribution is -0.134. The molecule has 4 aliphatic heterocycles. The number of amides is 3. The van der Waals surface area contributed by atoms with Crippen LogP contribution in [0.25, 0.3) is 0 Å². The maximum Gasteiger partial charge on any atom is 0.329 e. The van der Waals surface area contributed by atoms with Crippen molar-refractivity contribution < 1.29 is 9.59 Å². The van der Waals surface area contributed by atoms with Crippen molar-refractivity contribution in [2.75, 3.05) is 32.8 Å². The summed E-state index contributed by atoms with van der Waals surface area (Å²) in [5.74, 6) is 0.296. The fourth-order valence-electron chi connectivity index (χ4n) is 7.36. The Morgan fingerprint density at radius 2 is 1.44 bits per heavy atom. The molecule has 1 spiro atoms. The van der Waals surface area contributed by atoms with Crippen LogP contribution in [-0.2, 0) is 11.3 Å². The Morgan fingerprint density at radius 3 is 2.03 bits per heavy atom. The van der Waals surface area contributed by atoms with Crippen LogP contribution in [0.4, 0.5) is 4.79 Å². The van der Waals surface area contributed by atoms with Gasteiger partial charge in [0.1, 0.15) is 5.54 Å². The number of benzene rings is 1. The van der Waals surface area contributed by atoms with Gasteiger partial charge in [-0.2, -0.15) is 0 Å². The molecule has 4 aliphatic rings. The quantitative estimate of drug-likeness (QED) is 0.275. The molecule has 0 saturated carbocycles. The summed E-state index contributed by atoms with van der Waals surface area (Å²) in [5.41, 5.74) is 7.63. The zero-order chi connectivity index (χ0) is 26.4. The number of hydrogen-bond acceptors (Lipinski definition) is 4. The summed E-state index contributed by atoms with van der Waals surface area (Å²) in [6.45, 7) is 18.2. The summed E-state index contributed by atoms with van der Waals surface area (Å²) in [4.78, 5) is 36.1. The molecule has 4 saturated heterocycles. The van der Waals surface area contributed by atoms with Crippen LogP contribution in [0.5, 0.6) is 0 Å². The van der Waals surface area contributed by atoms with Crippen molar-refractivity contribution in [3.05, 3.63) is 33.4 Å². The van der Waals surface area contributed by atoms with Crippen LogP contribution in [0.15, 0.2) is 0 Å². The number of carbonyl (C=O) groups is 2. The number of piperidine rings is 1. The molecule has 0 aromatic heterocycles. The molecule has 0 bridgehead atoms. The molecule has 4 heterocycles. The Morgan fingerprint density at radius 1 is 0.861 bits per heavy atom. The second-order valence-corrected chi connectivity index (χ2v) is 11.4. The molecule has 0 N–H and O–H groups in total. The molecule has 0 aliphatic carbocycles. The maximum atomic E-state index is 14.0. The second-order valence-electron chi connectivity index (χ2n) is 11.4. The molecule has 3 amide bonds. The molecule has 5 rings (SSSR count). The van der Waals surface area contributed by atoms with E-state index in [4.69, 9.17) is 0 Å². The van der Waals surface area contributed by atoms with E-state index in [-0.39, 0.29) is 23.9 Å². The van der Waals surface area contributed by atoms with E-state index in [2.05, 4.69) is 88.6 Å². The Hall–Kier alpha value is -0.460. The van der Waals surface area contributed by atoms with Crippen molar-refractivity contribution in [1.82, 2.24) is 19.6 Å². The lowest BCUT2D eigenvalue weighted by Gasteiger charge is -2.31. The molecular formula is C28H42I2N4O2. The van der Waals surface area contributed by atoms with Crippen molar-refractivity contribution >= 4 is 49.2 Å². The normalized spacial score (nSPS) is 28.4. The van der Waals surface area contributed by atoms with Crippen LogP contribution in [-0.4, -0.2) is 76.0 Å². The van der Waals surface area contributed by atoms with Gasteiger partial charge in [0.25, 0.3) is 5.91 Å². The highest BCUT2D eigenvalue weighted by Gasteiger charge is 2.69. The van der Waals surface area contributed by atoms with Crippen LogP contribution in [0, 0.1) is 40.5 Å². The summed E-state index contributed by atoms with van der Waals surface area (Å²) in [7, 11) is 0. The van der Waals surface area contributed by atoms with E-state index in [9.17, 15) is 9.59 Å². The van der Waals surface area contributed by atoms with Crippen molar-refractivity contribution in [2.24, 2.45) is 5.92 Å². The number of halogens is 2. The van der Waals surface area contributed by atoms with E-state index in [0.29, 0.717) is 13.2 Å². The third-order valence-electron chi connectivity index (χ3n) is 9.82. The van der Waals surface area contributed by atoms with Crippen molar-refractivity contribution in [3.8, 4) is 0 Å². The van der Waals surface area contributed by atoms with E-state index in [0.717, 1.165) is 51.9 Å². The Bertz CT molecular complexity index is 996. The first-order chi connectivity index (χ1) is 17.2. The largest absolute Gasteiger partial charge is 0.329 e. The standard InChI is InChI=1S/C28H42N4O2.I2/c1-7-24-13-23-14-30(15-25-21(5)19(3)18(2)20(4)22(25)6)16-28(23)26(33)31(27(34)32(24)28)17-29-11-9-8-10-12-29;1-2/h23-24H,7-17H2,1-6H3;. The molecule has 0 radical (unpaired) electrons. The number of carbonyl (C=O) groups excluding carboxylic acids is 2. The molecule has 1 aromatic rings. The van der Waals surface area contributed by atoms with Gasteiger partial charge in [0, 0.05) is 68.8 Å². The third kappa shape index (κ3) is 4.53. The monoisotopic (exact) mass is 720 g/mol. The summed E-state index contributed by atoms with van der Waals surface area (Å²) in [6, 6.07) is 0.142. The zero-order valence-corrected chi connectivity index (χ0v) is 27.1. The smallest absolute Gasteiger partial charge is 0.305 e. The van der Waals surface area contributed by atoms with Gasteiger partial charge in [-0.15, -0.1) is 0 Å². The Kier molecular flexibility index (Phi) is 8.99. The number of rotatable bonds is 5. The van der Waals surface area contributed by atoms with Crippen LogP contribution in [0.2, 0.25) is 0 Å². The fourth-order valence-corrected chi connectivity index (χ4v) is 7.36. The lowest BCUT2D eigenvalue weighted by atomic mass is 9.87. The average molecular weight is 720 g/mol. The minimum Gasteiger partial charge on any atom is -0.305 e. The molecule has 36 heavy (non-hydrogen) atoms. The number of hydrogen-bond donors (Lipinski definition) is 0. The van der Waals surface area contributed by atoms with Crippen LogP contribution < -0.4 is 0 Å². The SMILES string of the molecule is CCC1CC2CN(Cc3c(C)c(C)c(C)c(C)c3C)CC23C(=O)N(CN2CCCCC2)C(=O)N13.II. The van der Waals surface area contributed by atoms with E-state index < -0.39 is 5.54 Å². The molecule has 4 fully saturated rings. The zero-order valence-electron chi connectivity index (χ0n) is 22.8. The minimum atomic E-state index is -0.663. The lowest BCUT2D eigenvalue weighted by Crippen LogP contribution is -2.53. The molecule has 200 valence electrons. The van der Waals surface area contributed by atoms with E-state index in [1.54, 1.807) is 4.90 Å². The summed E-state index contributed by atoms with van der Waals surface area (Å²) >= 11 is 4.24. The molecule has 8 heteroatoms. The van der Waals surface area contributed by atoms with Gasteiger partial charge < -0.3 is 4.90 Å². The topological polar surface area (TPSA) is 47.1 Å². The van der Waals surface area contributed by atoms with Crippen molar-refractivity contribution in [1.29, 1.82) is 0 Å². The number of urea groups is 1. The Labute approximate surface area is 240 Å². The minimum absolute atomic E-state index is 0.0406. The van der Waals surface area contributed by atoms with E-state index in [1.165, 1.54) is 39.8 Å². The van der Waals surface area contributed by atoms with Gasteiger partial charge in [-0.3, -0.25) is 14.6 Å². The fraction of sp³-hybridized carbons (Fsp3) is 0.714. The number of likely N-dealkylation sites (tertiary alicyclic amines) is 2. The van der Waals surface area contributed by atoms with Crippen LogP contribution >= 0.6 is 37.2 Å². The van der Waals surface area contributed by atoms with E-state index in [1.807, 2.05) is 4.90 Å². The predicted octanol–water partition coefficient (Wildman–Crippen LogP) is 6.06. The first-order valence-electron chi connectivity index (χ1n) is 13.5. The maximum absolute atomic E-state index is 14.0. The highest BCUT2D eigenvalue weighted by Crippen LogP contribution is 2.50. The van der Waals surface area contributed by atoms with Crippen molar-refractivity contribution in [2.45, 2.75) is 91.8 Å². The summed E-state index contributed by atoms with van der Waals surface area (Å²) < 4.78 is 0. The van der Waals surface area contributed by atoms with Gasteiger partial charge in [0.2, 0.25) is 0 Å². The molecule has 1 aromatic carbocycles. The van der Waals surface area contributed by atoms with Gasteiger partial charge in [-0.05, 0) is 107 Å². The predicted molar refractivity (Wildman–Crippen MR) is 163 cm³/mol. The number of imide groups is 1. The molecular weight excluding hydrogens is 678 g/mol. The highest BCUT2D eigenvalue weighted by molar-refractivity contribution is 15.0. The first-order valence-corrected chi connectivity index (χ1v) is 19.8. The van der Waals surface area contributed by atoms with Gasteiger partial charge in [0.05, 0.1) is 6.67 Å². The average Bonchev–Trinajstić information content (AvgIpc) is 3.47. The molecule has 3 atom stereocenters. The molecule has 6 nitrogen and oxygen atoms in total. The van der Waals surface area contributed by atoms with Gasteiger partial charge in [-0.25, -0.2) is 9.69 Å². The first kappa shape index (κ1) is 28.5. The van der Waals surface area contributed by atoms with Crippen LogP contribution in [0.1, 0.15) is 72.4 Å². The Balaban J connectivity index is 0.00000148. The summed E-state index contributed by atoms with van der Waals surface area (Å²) in [5, 5.41) is 0. The van der Waals surface area contributed by atoms with E-state index >= 15 is 0 Å². The van der Waals surface area contributed by atoms with Gasteiger partial charge in [0.15, 0.2) is 0 Å². The third-order valence-corrected chi connectivity index (χ3v) is 9.82. The number of nitrogens with zero attached hydrogens (tertiary/aromatic N) is 4. The molecule has 3 unspecified atom stereocenters. The van der Waals surface area contributed by atoms with Gasteiger partial charge >= 0.3 is 6.03 Å². The second kappa shape index (κ2) is 11.3. The summed E-state index contributed by atoms with van der Waals surface area (Å²) in [6.07, 6.45) is 5.44. The highest BCUT2D eigenvalue weighted by atomic mass is 128.